The Labute approximate surface area is 148 Å². The molecule has 1 aromatic rings. The number of hydrogen-bond acceptors (Lipinski definition) is 3. The number of thiophene rings is 1. The summed E-state index contributed by atoms with van der Waals surface area (Å²) in [7, 11) is 0. The predicted molar refractivity (Wildman–Crippen MR) is 101 cm³/mol. The van der Waals surface area contributed by atoms with Crippen LogP contribution < -0.4 is 10.6 Å². The molecule has 1 aliphatic carbocycles. The Kier molecular flexibility index (Phi) is 8.58. The Hall–Kier alpha value is -0.340. The number of nitrogens with one attached hydrogen (secondary N) is 2. The molecule has 4 nitrogen and oxygen atoms in total. The minimum atomic E-state index is -0.110. The van der Waals surface area contributed by atoms with E-state index in [1.54, 1.807) is 11.3 Å². The Morgan fingerprint density at radius 2 is 2.05 bits per heavy atom. The summed E-state index contributed by atoms with van der Waals surface area (Å²) < 4.78 is 0. The van der Waals surface area contributed by atoms with Crippen LogP contribution in [0.25, 0.3) is 0 Å². The average molecular weight is 423 g/mol. The first kappa shape index (κ1) is 18.7. The molecule has 0 aromatic carbocycles. The van der Waals surface area contributed by atoms with Gasteiger partial charge in [0.15, 0.2) is 5.96 Å². The van der Waals surface area contributed by atoms with Gasteiger partial charge in [0.25, 0.3) is 0 Å². The van der Waals surface area contributed by atoms with Crippen LogP contribution in [-0.2, 0) is 6.54 Å². The van der Waals surface area contributed by atoms with Crippen molar-refractivity contribution >= 4 is 41.3 Å². The van der Waals surface area contributed by atoms with E-state index in [9.17, 15) is 5.11 Å². The van der Waals surface area contributed by atoms with E-state index in [4.69, 9.17) is 0 Å². The molecule has 1 heterocycles. The number of rotatable bonds is 4. The fraction of sp³-hybridized carbons (Fsp3) is 0.667. The van der Waals surface area contributed by atoms with Crippen molar-refractivity contribution in [2.75, 3.05) is 6.54 Å². The fourth-order valence-corrected chi connectivity index (χ4v) is 3.28. The standard InChI is InChI=1S/C15H25N3OS.HI/c1-3-16-15(17-10-14-9-4-11(2)20-14)18-12-5-7-13(19)8-6-12;/h4,9,12-13,19H,3,5-8,10H2,1-2H3,(H2,16,17,18);1H. The van der Waals surface area contributed by atoms with Gasteiger partial charge in [-0.15, -0.1) is 35.3 Å². The summed E-state index contributed by atoms with van der Waals surface area (Å²) >= 11 is 1.80. The lowest BCUT2D eigenvalue weighted by Crippen LogP contribution is -2.45. The Balaban J connectivity index is 0.00000220. The van der Waals surface area contributed by atoms with Crippen LogP contribution in [0.1, 0.15) is 42.4 Å². The number of halogens is 1. The largest absolute Gasteiger partial charge is 0.393 e. The molecule has 0 amide bonds. The van der Waals surface area contributed by atoms with Crippen molar-refractivity contribution in [1.82, 2.24) is 10.6 Å². The number of nitrogens with zero attached hydrogens (tertiary/aromatic N) is 1. The smallest absolute Gasteiger partial charge is 0.191 e. The van der Waals surface area contributed by atoms with Crippen molar-refractivity contribution in [2.24, 2.45) is 4.99 Å². The molecule has 0 aliphatic heterocycles. The zero-order valence-corrected chi connectivity index (χ0v) is 15.9. The minimum absolute atomic E-state index is 0. The molecule has 120 valence electrons. The van der Waals surface area contributed by atoms with E-state index in [-0.39, 0.29) is 30.1 Å². The maximum absolute atomic E-state index is 9.55. The monoisotopic (exact) mass is 423 g/mol. The van der Waals surface area contributed by atoms with E-state index in [0.717, 1.165) is 44.7 Å². The molecule has 1 saturated carbocycles. The maximum Gasteiger partial charge on any atom is 0.191 e. The lowest BCUT2D eigenvalue weighted by atomic mass is 9.93. The van der Waals surface area contributed by atoms with Gasteiger partial charge in [-0.05, 0) is 51.7 Å². The second kappa shape index (κ2) is 9.63. The molecule has 0 unspecified atom stereocenters. The Morgan fingerprint density at radius 1 is 1.33 bits per heavy atom. The summed E-state index contributed by atoms with van der Waals surface area (Å²) in [6.07, 6.45) is 3.71. The summed E-state index contributed by atoms with van der Waals surface area (Å²) in [5.74, 6) is 0.889. The lowest BCUT2D eigenvalue weighted by Gasteiger charge is -2.27. The molecule has 0 saturated heterocycles. The van der Waals surface area contributed by atoms with Gasteiger partial charge in [-0.3, -0.25) is 0 Å². The third-order valence-electron chi connectivity index (χ3n) is 3.57. The first-order valence-electron chi connectivity index (χ1n) is 7.45. The molecule has 3 N–H and O–H groups in total. The molecule has 0 atom stereocenters. The quantitative estimate of drug-likeness (QED) is 0.397. The SMILES string of the molecule is CCNC(=NCc1ccc(C)s1)NC1CCC(O)CC1.I. The van der Waals surface area contributed by atoms with Crippen molar-refractivity contribution in [3.05, 3.63) is 21.9 Å². The van der Waals surface area contributed by atoms with Gasteiger partial charge < -0.3 is 15.7 Å². The first-order valence-corrected chi connectivity index (χ1v) is 8.27. The summed E-state index contributed by atoms with van der Waals surface area (Å²) in [5.41, 5.74) is 0. The highest BCUT2D eigenvalue weighted by atomic mass is 127. The van der Waals surface area contributed by atoms with E-state index in [1.807, 2.05) is 0 Å². The molecular weight excluding hydrogens is 397 g/mol. The average Bonchev–Trinajstić information content (AvgIpc) is 2.85. The van der Waals surface area contributed by atoms with Crippen molar-refractivity contribution in [2.45, 2.75) is 58.2 Å². The van der Waals surface area contributed by atoms with Crippen molar-refractivity contribution in [3.63, 3.8) is 0 Å². The van der Waals surface area contributed by atoms with Gasteiger partial charge in [-0.25, -0.2) is 4.99 Å². The zero-order valence-electron chi connectivity index (χ0n) is 12.8. The number of aliphatic hydroxyl groups is 1. The van der Waals surface area contributed by atoms with Gasteiger partial charge in [-0.2, -0.15) is 0 Å². The van der Waals surface area contributed by atoms with E-state index in [0.29, 0.717) is 6.04 Å². The molecule has 0 bridgehead atoms. The summed E-state index contributed by atoms with van der Waals surface area (Å²) in [6, 6.07) is 4.71. The van der Waals surface area contributed by atoms with Crippen LogP contribution in [0.4, 0.5) is 0 Å². The molecule has 0 spiro atoms. The van der Waals surface area contributed by atoms with Gasteiger partial charge in [0.2, 0.25) is 0 Å². The van der Waals surface area contributed by atoms with Crippen LogP contribution in [0.2, 0.25) is 0 Å². The second-order valence-electron chi connectivity index (χ2n) is 5.36. The van der Waals surface area contributed by atoms with Gasteiger partial charge in [0, 0.05) is 22.3 Å². The van der Waals surface area contributed by atoms with E-state index in [2.05, 4.69) is 41.6 Å². The molecule has 0 radical (unpaired) electrons. The lowest BCUT2D eigenvalue weighted by molar-refractivity contribution is 0.120. The second-order valence-corrected chi connectivity index (χ2v) is 6.73. The van der Waals surface area contributed by atoms with Crippen LogP contribution >= 0.6 is 35.3 Å². The first-order chi connectivity index (χ1) is 9.67. The van der Waals surface area contributed by atoms with Gasteiger partial charge in [0.1, 0.15) is 0 Å². The van der Waals surface area contributed by atoms with Crippen LogP contribution in [0.5, 0.6) is 0 Å². The Morgan fingerprint density at radius 3 is 2.62 bits per heavy atom. The third-order valence-corrected chi connectivity index (χ3v) is 4.56. The topological polar surface area (TPSA) is 56.7 Å². The van der Waals surface area contributed by atoms with Crippen LogP contribution in [-0.4, -0.2) is 29.8 Å². The maximum atomic E-state index is 9.55. The van der Waals surface area contributed by atoms with Crippen LogP contribution in [0, 0.1) is 6.92 Å². The Bertz CT molecular complexity index is 442. The van der Waals surface area contributed by atoms with Gasteiger partial charge in [0.05, 0.1) is 12.6 Å². The number of hydrogen-bond donors (Lipinski definition) is 3. The van der Waals surface area contributed by atoms with Crippen LogP contribution in [0.3, 0.4) is 0 Å². The number of aliphatic hydroxyl groups excluding tert-OH is 1. The van der Waals surface area contributed by atoms with E-state index in [1.165, 1.54) is 9.75 Å². The highest BCUT2D eigenvalue weighted by Crippen LogP contribution is 2.18. The molecule has 2 rings (SSSR count). The minimum Gasteiger partial charge on any atom is -0.393 e. The molecule has 1 fully saturated rings. The predicted octanol–water partition coefficient (Wildman–Crippen LogP) is 3.03. The summed E-state index contributed by atoms with van der Waals surface area (Å²) in [5, 5.41) is 16.3. The van der Waals surface area contributed by atoms with E-state index >= 15 is 0 Å². The normalized spacial score (nSPS) is 22.5. The number of aliphatic imine (C=N–C) groups is 1. The van der Waals surface area contributed by atoms with E-state index < -0.39 is 0 Å². The number of aryl methyl sites for hydroxylation is 1. The van der Waals surface area contributed by atoms with Crippen molar-refractivity contribution in [1.29, 1.82) is 0 Å². The van der Waals surface area contributed by atoms with Gasteiger partial charge in [-0.1, -0.05) is 0 Å². The third kappa shape index (κ3) is 6.52. The molecule has 1 aliphatic rings. The number of guanidine groups is 1. The summed E-state index contributed by atoms with van der Waals surface area (Å²) in [4.78, 5) is 7.27. The van der Waals surface area contributed by atoms with Crippen molar-refractivity contribution < 1.29 is 5.11 Å². The highest BCUT2D eigenvalue weighted by Gasteiger charge is 2.19. The molecule has 6 heteroatoms. The molecular formula is C15H26IN3OS. The van der Waals surface area contributed by atoms with Crippen LogP contribution in [0.15, 0.2) is 17.1 Å². The fourth-order valence-electron chi connectivity index (χ4n) is 2.46. The summed E-state index contributed by atoms with van der Waals surface area (Å²) in [6.45, 7) is 5.79. The highest BCUT2D eigenvalue weighted by molar-refractivity contribution is 14.0. The van der Waals surface area contributed by atoms with Crippen molar-refractivity contribution in [3.8, 4) is 0 Å². The molecule has 21 heavy (non-hydrogen) atoms. The van der Waals surface area contributed by atoms with Gasteiger partial charge >= 0.3 is 0 Å². The molecule has 1 aromatic heterocycles. The zero-order chi connectivity index (χ0) is 14.4.